The van der Waals surface area contributed by atoms with E-state index < -0.39 is 0 Å². The lowest BCUT2D eigenvalue weighted by Crippen LogP contribution is -2.38. The smallest absolute Gasteiger partial charge is 0.266 e. The van der Waals surface area contributed by atoms with Gasteiger partial charge in [-0.2, -0.15) is 5.10 Å². The van der Waals surface area contributed by atoms with Crippen LogP contribution in [0.3, 0.4) is 0 Å². The van der Waals surface area contributed by atoms with Gasteiger partial charge < -0.3 is 4.90 Å². The Kier molecular flexibility index (Phi) is 4.38. The summed E-state index contributed by atoms with van der Waals surface area (Å²) in [6.45, 7) is 1.49. The number of hydrogen-bond donors (Lipinski definition) is 0. The second kappa shape index (κ2) is 7.18. The Morgan fingerprint density at radius 2 is 1.96 bits per heavy atom. The molecule has 0 amide bonds. The lowest BCUT2D eigenvalue weighted by Gasteiger charge is -2.28. The van der Waals surface area contributed by atoms with Crippen LogP contribution >= 0.6 is 0 Å². The van der Waals surface area contributed by atoms with Crippen molar-refractivity contribution in [3.8, 4) is 5.82 Å². The SMILES string of the molecule is O=c1ccc(-n2ccnc2)nn1CC1CCCN1c1ccnc(C2CCC2)n1. The summed E-state index contributed by atoms with van der Waals surface area (Å²) in [7, 11) is 0. The molecule has 28 heavy (non-hydrogen) atoms. The number of hydrogen-bond acceptors (Lipinski definition) is 6. The first-order valence-electron chi connectivity index (χ1n) is 9.94. The van der Waals surface area contributed by atoms with Crippen molar-refractivity contribution in [3.05, 3.63) is 59.3 Å². The maximum absolute atomic E-state index is 12.4. The van der Waals surface area contributed by atoms with Crippen LogP contribution in [0.15, 0.2) is 47.9 Å². The minimum atomic E-state index is -0.0893. The van der Waals surface area contributed by atoms with Crippen molar-refractivity contribution in [1.29, 1.82) is 0 Å². The molecule has 1 atom stereocenters. The van der Waals surface area contributed by atoms with Gasteiger partial charge in [0.15, 0.2) is 5.82 Å². The minimum Gasteiger partial charge on any atom is -0.352 e. The lowest BCUT2D eigenvalue weighted by molar-refractivity contribution is 0.400. The number of anilines is 1. The molecular formula is C20H23N7O. The molecule has 1 saturated carbocycles. The van der Waals surface area contributed by atoms with Gasteiger partial charge in [0.1, 0.15) is 18.0 Å². The van der Waals surface area contributed by atoms with E-state index in [0.29, 0.717) is 18.3 Å². The van der Waals surface area contributed by atoms with Crippen LogP contribution in [0.5, 0.6) is 0 Å². The molecule has 5 rings (SSSR count). The van der Waals surface area contributed by atoms with Gasteiger partial charge in [0.2, 0.25) is 0 Å². The summed E-state index contributed by atoms with van der Waals surface area (Å²) in [5.41, 5.74) is -0.0893. The summed E-state index contributed by atoms with van der Waals surface area (Å²) < 4.78 is 3.37. The second-order valence-corrected chi connectivity index (χ2v) is 7.57. The molecule has 0 spiro atoms. The lowest BCUT2D eigenvalue weighted by atomic mass is 9.85. The van der Waals surface area contributed by atoms with Crippen molar-refractivity contribution in [2.45, 2.75) is 50.6 Å². The van der Waals surface area contributed by atoms with Gasteiger partial charge in [-0.3, -0.25) is 9.36 Å². The summed E-state index contributed by atoms with van der Waals surface area (Å²) in [6, 6.07) is 5.48. The molecule has 1 aliphatic carbocycles. The van der Waals surface area contributed by atoms with Gasteiger partial charge in [-0.25, -0.2) is 19.6 Å². The molecule has 0 N–H and O–H groups in total. The fourth-order valence-electron chi connectivity index (χ4n) is 4.01. The van der Waals surface area contributed by atoms with Crippen LogP contribution in [0.2, 0.25) is 0 Å². The van der Waals surface area contributed by atoms with Crippen LogP contribution in [0.4, 0.5) is 5.82 Å². The molecule has 3 aromatic heterocycles. The van der Waals surface area contributed by atoms with Crippen LogP contribution in [-0.2, 0) is 6.54 Å². The molecule has 2 aliphatic rings. The van der Waals surface area contributed by atoms with Crippen molar-refractivity contribution in [2.24, 2.45) is 0 Å². The highest BCUT2D eigenvalue weighted by Gasteiger charge is 2.28. The molecule has 1 unspecified atom stereocenters. The Labute approximate surface area is 162 Å². The van der Waals surface area contributed by atoms with Gasteiger partial charge in [0, 0.05) is 37.1 Å². The van der Waals surface area contributed by atoms with E-state index in [1.165, 1.54) is 19.3 Å². The molecule has 1 saturated heterocycles. The summed E-state index contributed by atoms with van der Waals surface area (Å²) in [5.74, 6) is 3.14. The van der Waals surface area contributed by atoms with Crippen molar-refractivity contribution in [2.75, 3.05) is 11.4 Å². The van der Waals surface area contributed by atoms with Crippen LogP contribution in [0, 0.1) is 0 Å². The Hall–Kier alpha value is -3.03. The van der Waals surface area contributed by atoms with E-state index in [1.54, 1.807) is 33.9 Å². The third-order valence-electron chi connectivity index (χ3n) is 5.81. The average Bonchev–Trinajstić information content (AvgIpc) is 3.34. The van der Waals surface area contributed by atoms with Gasteiger partial charge in [-0.15, -0.1) is 0 Å². The Balaban J connectivity index is 1.39. The van der Waals surface area contributed by atoms with Crippen molar-refractivity contribution in [3.63, 3.8) is 0 Å². The zero-order valence-corrected chi connectivity index (χ0v) is 15.7. The van der Waals surface area contributed by atoms with Gasteiger partial charge in [0.05, 0.1) is 12.6 Å². The molecule has 144 valence electrons. The predicted octanol–water partition coefficient (Wildman–Crippen LogP) is 2.16. The fourth-order valence-corrected chi connectivity index (χ4v) is 4.01. The molecule has 0 aromatic carbocycles. The summed E-state index contributed by atoms with van der Waals surface area (Å²) >= 11 is 0. The van der Waals surface area contributed by atoms with Crippen LogP contribution < -0.4 is 10.5 Å². The minimum absolute atomic E-state index is 0.0893. The number of imidazole rings is 1. The maximum Gasteiger partial charge on any atom is 0.266 e. The van der Waals surface area contributed by atoms with Gasteiger partial charge >= 0.3 is 0 Å². The van der Waals surface area contributed by atoms with E-state index in [4.69, 9.17) is 4.98 Å². The largest absolute Gasteiger partial charge is 0.352 e. The van der Waals surface area contributed by atoms with Crippen molar-refractivity contribution < 1.29 is 0 Å². The molecule has 0 bridgehead atoms. The van der Waals surface area contributed by atoms with Gasteiger partial charge in [0.25, 0.3) is 5.56 Å². The fraction of sp³-hybridized carbons (Fsp3) is 0.450. The third-order valence-corrected chi connectivity index (χ3v) is 5.81. The summed E-state index contributed by atoms with van der Waals surface area (Å²) in [5, 5.41) is 4.54. The van der Waals surface area contributed by atoms with E-state index in [0.717, 1.165) is 31.0 Å². The number of nitrogens with zero attached hydrogens (tertiary/aromatic N) is 7. The normalized spacial score (nSPS) is 19.7. The van der Waals surface area contributed by atoms with E-state index >= 15 is 0 Å². The number of rotatable bonds is 5. The first-order valence-corrected chi connectivity index (χ1v) is 9.94. The van der Waals surface area contributed by atoms with Crippen LogP contribution in [0.25, 0.3) is 5.82 Å². The third kappa shape index (κ3) is 3.19. The standard InChI is InChI=1S/C20H23N7O/c28-19-7-6-18(25-12-10-21-14-25)24-27(19)13-16-5-2-11-26(16)17-8-9-22-20(23-17)15-3-1-4-15/h6-10,12,14-16H,1-5,11,13H2. The topological polar surface area (TPSA) is 81.7 Å². The first-order chi connectivity index (χ1) is 13.8. The molecule has 8 nitrogen and oxygen atoms in total. The molecule has 4 heterocycles. The average molecular weight is 377 g/mol. The summed E-state index contributed by atoms with van der Waals surface area (Å²) in [6.07, 6.45) is 12.8. The van der Waals surface area contributed by atoms with Crippen LogP contribution in [0.1, 0.15) is 43.8 Å². The van der Waals surface area contributed by atoms with Gasteiger partial charge in [-0.05, 0) is 37.8 Å². The Bertz CT molecular complexity index is 1010. The molecule has 0 radical (unpaired) electrons. The van der Waals surface area contributed by atoms with E-state index in [2.05, 4.69) is 20.0 Å². The van der Waals surface area contributed by atoms with E-state index in [9.17, 15) is 4.79 Å². The number of aromatic nitrogens is 6. The van der Waals surface area contributed by atoms with E-state index in [1.807, 2.05) is 18.5 Å². The molecule has 3 aromatic rings. The highest BCUT2D eigenvalue weighted by atomic mass is 16.1. The predicted molar refractivity (Wildman–Crippen MR) is 105 cm³/mol. The zero-order valence-electron chi connectivity index (χ0n) is 15.7. The van der Waals surface area contributed by atoms with Gasteiger partial charge in [-0.1, -0.05) is 6.42 Å². The summed E-state index contributed by atoms with van der Waals surface area (Å²) in [4.78, 5) is 28.1. The molecular weight excluding hydrogens is 354 g/mol. The quantitative estimate of drug-likeness (QED) is 0.678. The van der Waals surface area contributed by atoms with E-state index in [-0.39, 0.29) is 11.6 Å². The highest BCUT2D eigenvalue weighted by Crippen LogP contribution is 2.35. The van der Waals surface area contributed by atoms with Crippen molar-refractivity contribution in [1.82, 2.24) is 29.3 Å². The highest BCUT2D eigenvalue weighted by molar-refractivity contribution is 5.40. The second-order valence-electron chi connectivity index (χ2n) is 7.57. The van der Waals surface area contributed by atoms with Crippen molar-refractivity contribution >= 4 is 5.82 Å². The zero-order chi connectivity index (χ0) is 18.9. The Morgan fingerprint density at radius 3 is 2.75 bits per heavy atom. The first kappa shape index (κ1) is 17.1. The maximum atomic E-state index is 12.4. The monoisotopic (exact) mass is 377 g/mol. The molecule has 2 fully saturated rings. The molecule has 8 heteroatoms. The molecule has 1 aliphatic heterocycles. The van der Waals surface area contributed by atoms with Crippen LogP contribution in [-0.4, -0.2) is 41.9 Å². The Morgan fingerprint density at radius 1 is 1.04 bits per heavy atom.